The van der Waals surface area contributed by atoms with Crippen LogP contribution in [-0.4, -0.2) is 83.1 Å². The minimum absolute atomic E-state index is 1.35. The number of nitrogens with zero attached hydrogens (tertiary/aromatic N) is 2. The van der Waals surface area contributed by atoms with Crippen molar-refractivity contribution in [1.29, 1.82) is 0 Å². The van der Waals surface area contributed by atoms with E-state index in [2.05, 4.69) is 55.4 Å². The van der Waals surface area contributed by atoms with Crippen LogP contribution in [0.4, 0.5) is 0 Å². The molecule has 0 bridgehead atoms. The number of hydrogen-bond donors (Lipinski definition) is 0. The Labute approximate surface area is 259 Å². The Morgan fingerprint density at radius 1 is 0.439 bits per heavy atom. The van der Waals surface area contributed by atoms with Gasteiger partial charge in [0.15, 0.2) is 9.15 Å². The van der Waals surface area contributed by atoms with Crippen LogP contribution in [0.3, 0.4) is 0 Å². The monoisotopic (exact) mass is 628 g/mol. The van der Waals surface area contributed by atoms with Crippen molar-refractivity contribution in [2.45, 2.75) is 158 Å². The van der Waals surface area contributed by atoms with Gasteiger partial charge in [-0.3, -0.25) is 4.21 Å². The van der Waals surface area contributed by atoms with Crippen molar-refractivity contribution < 1.29 is 30.7 Å². The maximum Gasteiger partial charge on any atom is 0.165 e. The van der Waals surface area contributed by atoms with Crippen LogP contribution in [0.2, 0.25) is 0 Å². The van der Waals surface area contributed by atoms with Crippen molar-refractivity contribution in [2.24, 2.45) is 0 Å². The Kier molecular flexibility index (Phi) is 33.2. The van der Waals surface area contributed by atoms with Gasteiger partial charge in [-0.1, -0.05) is 107 Å². The maximum atomic E-state index is 9.16. The zero-order valence-electron chi connectivity index (χ0n) is 28.7. The lowest BCUT2D eigenvalue weighted by Crippen LogP contribution is -2.50. The molecule has 1 atom stereocenters. The van der Waals surface area contributed by atoms with Crippen LogP contribution in [0.15, 0.2) is 0 Å². The molecule has 0 fully saturated rings. The highest BCUT2D eigenvalue weighted by atomic mass is 33.2. The molecule has 7 nitrogen and oxygen atoms in total. The number of quaternary nitrogens is 2. The van der Waals surface area contributed by atoms with E-state index in [4.69, 9.17) is 21.7 Å². The average Bonchev–Trinajstić information content (AvgIpc) is 2.96. The van der Waals surface area contributed by atoms with Crippen molar-refractivity contribution >= 4 is 19.3 Å². The van der Waals surface area contributed by atoms with Gasteiger partial charge in [0.2, 0.25) is 0 Å². The summed E-state index contributed by atoms with van der Waals surface area (Å²) in [5.74, 6) is 0. The highest BCUT2D eigenvalue weighted by molar-refractivity contribution is 8.59. The summed E-state index contributed by atoms with van der Waals surface area (Å²) in [6, 6.07) is 0. The third-order valence-corrected chi connectivity index (χ3v) is 9.39. The van der Waals surface area contributed by atoms with E-state index < -0.39 is 19.3 Å². The van der Waals surface area contributed by atoms with E-state index in [9.17, 15) is 0 Å². The van der Waals surface area contributed by atoms with Gasteiger partial charge in [0.1, 0.15) is 0 Å². The Morgan fingerprint density at radius 3 is 0.634 bits per heavy atom. The summed E-state index contributed by atoms with van der Waals surface area (Å²) in [6.45, 7) is 30.0. The summed E-state index contributed by atoms with van der Waals surface area (Å²) < 4.78 is 48.6. The fourth-order valence-corrected chi connectivity index (χ4v) is 5.29. The number of rotatable bonds is 25. The topological polar surface area (TPSA) is 97.3 Å². The van der Waals surface area contributed by atoms with Gasteiger partial charge in [-0.2, -0.15) is 0 Å². The van der Waals surface area contributed by atoms with Gasteiger partial charge in [0, 0.05) is 0 Å². The first-order chi connectivity index (χ1) is 19.4. The first kappa shape index (κ1) is 45.4. The molecule has 0 aliphatic rings. The molecule has 0 aliphatic carbocycles. The maximum absolute atomic E-state index is 9.16. The van der Waals surface area contributed by atoms with E-state index in [0.29, 0.717) is 0 Å². The minimum Gasteiger partial charge on any atom is -0.761 e. The predicted octanol–water partition coefficient (Wildman–Crippen LogP) is 8.33. The third kappa shape index (κ3) is 27.2. The van der Waals surface area contributed by atoms with Gasteiger partial charge in [0.05, 0.1) is 62.5 Å². The van der Waals surface area contributed by atoms with Gasteiger partial charge >= 0.3 is 0 Å². The molecule has 41 heavy (non-hydrogen) atoms. The summed E-state index contributed by atoms with van der Waals surface area (Å²) >= 11 is 0. The molecule has 0 aromatic heterocycles. The van der Waals surface area contributed by atoms with E-state index in [1.807, 2.05) is 0 Å². The SMILES string of the molecule is CCCC[N+](CCCC)(CCCC)CCCC.CCCC[N+](CCCC)(CCCC)CCCC.O=S([O-])S(=O)(=O)[O-]. The fraction of sp³-hybridized carbons (Fsp3) is 1.00. The molecule has 0 rings (SSSR count). The van der Waals surface area contributed by atoms with E-state index in [-0.39, 0.29) is 0 Å². The summed E-state index contributed by atoms with van der Waals surface area (Å²) in [4.78, 5) is 0. The molecule has 0 spiro atoms. The molecule has 0 radical (unpaired) electrons. The lowest BCUT2D eigenvalue weighted by Gasteiger charge is -2.39. The lowest BCUT2D eigenvalue weighted by molar-refractivity contribution is -0.929. The fourth-order valence-electron chi connectivity index (χ4n) is 5.29. The highest BCUT2D eigenvalue weighted by Gasteiger charge is 2.25. The van der Waals surface area contributed by atoms with E-state index >= 15 is 0 Å². The molecule has 252 valence electrons. The first-order valence-corrected chi connectivity index (χ1v) is 20.2. The van der Waals surface area contributed by atoms with Crippen LogP contribution < -0.4 is 0 Å². The van der Waals surface area contributed by atoms with Gasteiger partial charge in [-0.15, -0.1) is 0 Å². The summed E-state index contributed by atoms with van der Waals surface area (Å²) in [5.41, 5.74) is 0. The van der Waals surface area contributed by atoms with Crippen LogP contribution in [0.1, 0.15) is 158 Å². The second-order valence-electron chi connectivity index (χ2n) is 11.9. The predicted molar refractivity (Wildman–Crippen MR) is 177 cm³/mol. The Bertz CT molecular complexity index is 564. The van der Waals surface area contributed by atoms with Crippen molar-refractivity contribution in [2.75, 3.05) is 52.4 Å². The summed E-state index contributed by atoms with van der Waals surface area (Å²) in [7, 11) is -8.59. The molecular weight excluding hydrogens is 556 g/mol. The van der Waals surface area contributed by atoms with Gasteiger partial charge < -0.3 is 18.1 Å². The van der Waals surface area contributed by atoms with E-state index in [1.165, 1.54) is 164 Å². The molecule has 1 unspecified atom stereocenters. The van der Waals surface area contributed by atoms with Crippen molar-refractivity contribution in [3.05, 3.63) is 0 Å². The van der Waals surface area contributed by atoms with Crippen molar-refractivity contribution in [1.82, 2.24) is 0 Å². The molecule has 9 heteroatoms. The van der Waals surface area contributed by atoms with Crippen LogP contribution in [0, 0.1) is 0 Å². The average molecular weight is 629 g/mol. The molecule has 0 aromatic rings. The van der Waals surface area contributed by atoms with Crippen LogP contribution in [0.5, 0.6) is 0 Å². The summed E-state index contributed by atoms with van der Waals surface area (Å²) in [5, 5.41) is 0. The highest BCUT2D eigenvalue weighted by Crippen LogP contribution is 2.17. The molecule has 0 saturated heterocycles. The van der Waals surface area contributed by atoms with Crippen LogP contribution >= 0.6 is 0 Å². The van der Waals surface area contributed by atoms with Gasteiger partial charge in [0.25, 0.3) is 0 Å². The van der Waals surface area contributed by atoms with Crippen LogP contribution in [-0.2, 0) is 19.3 Å². The number of unbranched alkanes of at least 4 members (excludes halogenated alkanes) is 8. The normalized spacial score (nSPS) is 12.7. The molecule has 0 amide bonds. The molecule has 0 aliphatic heterocycles. The Hall–Kier alpha value is -0.0600. The van der Waals surface area contributed by atoms with E-state index in [1.54, 1.807) is 0 Å². The van der Waals surface area contributed by atoms with E-state index in [0.717, 1.165) is 0 Å². The van der Waals surface area contributed by atoms with Crippen molar-refractivity contribution in [3.63, 3.8) is 0 Å². The molecule has 0 heterocycles. The smallest absolute Gasteiger partial charge is 0.165 e. The van der Waals surface area contributed by atoms with Crippen molar-refractivity contribution in [3.8, 4) is 0 Å². The Balaban J connectivity index is -0.000000574. The first-order valence-electron chi connectivity index (χ1n) is 17.2. The Morgan fingerprint density at radius 2 is 0.561 bits per heavy atom. The zero-order chi connectivity index (χ0) is 32.0. The largest absolute Gasteiger partial charge is 0.761 e. The minimum atomic E-state index is -5.07. The second kappa shape index (κ2) is 30.0. The molecule has 0 saturated carbocycles. The van der Waals surface area contributed by atoms with Crippen LogP contribution in [0.25, 0.3) is 0 Å². The second-order valence-corrected chi connectivity index (χ2v) is 15.2. The standard InChI is InChI=1S/2C16H36N.H2O5S2/c2*1-5-9-13-17(14-10-6-2,15-11-7-3)16-12-8-4;1-6(2)7(3,4)5/h2*5-16H2,1-4H3;(H,1,2)(H,3,4,5)/q2*+1;/p-2. The molecular formula is C32H72N2O5S2. The van der Waals surface area contributed by atoms with Gasteiger partial charge in [-0.25, -0.2) is 8.42 Å². The quantitative estimate of drug-likeness (QED) is 0.0438. The lowest BCUT2D eigenvalue weighted by atomic mass is 10.1. The third-order valence-electron chi connectivity index (χ3n) is 8.05. The van der Waals surface area contributed by atoms with Gasteiger partial charge in [-0.05, 0) is 51.4 Å². The number of hydrogen-bond acceptors (Lipinski definition) is 5. The summed E-state index contributed by atoms with van der Waals surface area (Å²) in [6.07, 6.45) is 22.1. The molecule has 0 aromatic carbocycles. The zero-order valence-corrected chi connectivity index (χ0v) is 30.4. The molecule has 0 N–H and O–H groups in total.